The molecule has 0 bridgehead atoms. The van der Waals surface area contributed by atoms with Gasteiger partial charge in [-0.05, 0) is 43.4 Å². The van der Waals surface area contributed by atoms with Gasteiger partial charge in [-0.3, -0.25) is 4.79 Å². The van der Waals surface area contributed by atoms with E-state index in [1.54, 1.807) is 13.0 Å². The second kappa shape index (κ2) is 5.94. The minimum Gasteiger partial charge on any atom is -0.436 e. The molecular formula is C16H16Cl2N2O2. The minimum atomic E-state index is -0.269. The van der Waals surface area contributed by atoms with Crippen LogP contribution < -0.4 is 5.32 Å². The number of amides is 1. The SMILES string of the molecule is Cc1ncc(C(=O)NC2(Cc3ccc(Cl)cc3Cl)CCC2)o1. The first-order valence-corrected chi connectivity index (χ1v) is 7.92. The van der Waals surface area contributed by atoms with Crippen LogP contribution >= 0.6 is 23.2 Å². The van der Waals surface area contributed by atoms with Crippen LogP contribution in [0, 0.1) is 6.92 Å². The van der Waals surface area contributed by atoms with Gasteiger partial charge in [0, 0.05) is 22.5 Å². The number of carbonyl (C=O) groups excluding carboxylic acids is 1. The number of nitrogens with one attached hydrogen (secondary N) is 1. The highest BCUT2D eigenvalue weighted by molar-refractivity contribution is 6.35. The molecule has 1 aliphatic rings. The standard InChI is InChI=1S/C16H16Cl2N2O2/c1-10-19-9-14(22-10)15(21)20-16(5-2-6-16)8-11-3-4-12(17)7-13(11)18/h3-4,7,9H,2,5-6,8H2,1H3,(H,20,21). The van der Waals surface area contributed by atoms with Gasteiger partial charge in [0.2, 0.25) is 5.76 Å². The fourth-order valence-electron chi connectivity index (χ4n) is 2.75. The molecule has 1 saturated carbocycles. The molecule has 2 aromatic rings. The summed E-state index contributed by atoms with van der Waals surface area (Å²) in [5.41, 5.74) is 0.717. The zero-order chi connectivity index (χ0) is 15.7. The van der Waals surface area contributed by atoms with Gasteiger partial charge in [-0.2, -0.15) is 0 Å². The number of carbonyl (C=O) groups is 1. The van der Waals surface area contributed by atoms with Crippen LogP contribution in [0.3, 0.4) is 0 Å². The van der Waals surface area contributed by atoms with Gasteiger partial charge in [-0.1, -0.05) is 29.3 Å². The van der Waals surface area contributed by atoms with Crippen molar-refractivity contribution in [3.8, 4) is 0 Å². The molecule has 4 nitrogen and oxygen atoms in total. The Kier molecular flexibility index (Phi) is 4.15. The van der Waals surface area contributed by atoms with Gasteiger partial charge in [0.25, 0.3) is 5.91 Å². The van der Waals surface area contributed by atoms with E-state index in [1.807, 2.05) is 12.1 Å². The molecule has 1 aliphatic carbocycles. The molecule has 0 spiro atoms. The molecule has 1 aromatic heterocycles. The summed E-state index contributed by atoms with van der Waals surface area (Å²) in [6.07, 6.45) is 5.06. The van der Waals surface area contributed by atoms with Crippen LogP contribution in [0.1, 0.15) is 41.3 Å². The Morgan fingerprint density at radius 3 is 2.73 bits per heavy atom. The lowest BCUT2D eigenvalue weighted by atomic mass is 9.72. The molecule has 3 rings (SSSR count). The van der Waals surface area contributed by atoms with Gasteiger partial charge < -0.3 is 9.73 Å². The zero-order valence-corrected chi connectivity index (χ0v) is 13.7. The Labute approximate surface area is 138 Å². The number of halogens is 2. The van der Waals surface area contributed by atoms with Crippen LogP contribution in [-0.4, -0.2) is 16.4 Å². The third kappa shape index (κ3) is 3.13. The average molecular weight is 339 g/mol. The average Bonchev–Trinajstić information content (AvgIpc) is 2.86. The van der Waals surface area contributed by atoms with E-state index in [0.29, 0.717) is 22.4 Å². The molecule has 1 aromatic carbocycles. The lowest BCUT2D eigenvalue weighted by Gasteiger charge is -2.42. The molecular weight excluding hydrogens is 323 g/mol. The van der Waals surface area contributed by atoms with E-state index in [9.17, 15) is 4.79 Å². The van der Waals surface area contributed by atoms with Gasteiger partial charge >= 0.3 is 0 Å². The van der Waals surface area contributed by atoms with Crippen LogP contribution in [0.4, 0.5) is 0 Å². The molecule has 0 unspecified atom stereocenters. The summed E-state index contributed by atoms with van der Waals surface area (Å²) in [5.74, 6) is 0.491. The summed E-state index contributed by atoms with van der Waals surface area (Å²) in [6.45, 7) is 1.71. The van der Waals surface area contributed by atoms with Crippen LogP contribution in [0.2, 0.25) is 10.0 Å². The molecule has 1 amide bonds. The molecule has 0 atom stereocenters. The molecule has 22 heavy (non-hydrogen) atoms. The molecule has 1 heterocycles. The lowest BCUT2D eigenvalue weighted by Crippen LogP contribution is -2.55. The molecule has 1 fully saturated rings. The second-order valence-electron chi connectivity index (χ2n) is 5.74. The maximum atomic E-state index is 12.3. The third-order valence-corrected chi connectivity index (χ3v) is 4.67. The maximum Gasteiger partial charge on any atom is 0.289 e. The predicted octanol–water partition coefficient (Wildman–Crippen LogP) is 4.19. The topological polar surface area (TPSA) is 55.1 Å². The smallest absolute Gasteiger partial charge is 0.289 e. The molecule has 0 saturated heterocycles. The maximum absolute atomic E-state index is 12.3. The summed E-state index contributed by atoms with van der Waals surface area (Å²) in [5, 5.41) is 4.32. The van der Waals surface area contributed by atoms with Crippen LogP contribution in [0.25, 0.3) is 0 Å². The van der Waals surface area contributed by atoms with Crippen LogP contribution in [0.5, 0.6) is 0 Å². The minimum absolute atomic E-state index is 0.231. The van der Waals surface area contributed by atoms with Gasteiger partial charge in [0.05, 0.1) is 6.20 Å². The molecule has 6 heteroatoms. The highest BCUT2D eigenvalue weighted by atomic mass is 35.5. The van der Waals surface area contributed by atoms with Gasteiger partial charge in [-0.15, -0.1) is 0 Å². The van der Waals surface area contributed by atoms with Crippen LogP contribution in [0.15, 0.2) is 28.8 Å². The van der Waals surface area contributed by atoms with Crippen molar-refractivity contribution in [2.75, 3.05) is 0 Å². The fourth-order valence-corrected chi connectivity index (χ4v) is 3.22. The highest BCUT2D eigenvalue weighted by Crippen LogP contribution is 2.37. The Morgan fingerprint density at radius 2 is 2.18 bits per heavy atom. The largest absolute Gasteiger partial charge is 0.436 e. The second-order valence-corrected chi connectivity index (χ2v) is 6.59. The molecule has 1 N–H and O–H groups in total. The monoisotopic (exact) mass is 338 g/mol. The van der Waals surface area contributed by atoms with Crippen LogP contribution in [-0.2, 0) is 6.42 Å². The van der Waals surface area contributed by atoms with E-state index in [4.69, 9.17) is 27.6 Å². The van der Waals surface area contributed by atoms with Crippen molar-refractivity contribution < 1.29 is 9.21 Å². The number of hydrogen-bond acceptors (Lipinski definition) is 3. The van der Waals surface area contributed by atoms with Crippen molar-refractivity contribution in [3.63, 3.8) is 0 Å². The van der Waals surface area contributed by atoms with Gasteiger partial charge in [0.1, 0.15) is 0 Å². The van der Waals surface area contributed by atoms with Crippen molar-refractivity contribution >= 4 is 29.1 Å². The first-order valence-electron chi connectivity index (χ1n) is 7.16. The summed E-state index contributed by atoms with van der Waals surface area (Å²) >= 11 is 12.2. The molecule has 0 aliphatic heterocycles. The zero-order valence-electron chi connectivity index (χ0n) is 12.2. The van der Waals surface area contributed by atoms with E-state index in [-0.39, 0.29) is 17.2 Å². The first kappa shape index (κ1) is 15.4. The summed E-state index contributed by atoms with van der Waals surface area (Å²) in [6, 6.07) is 5.46. The van der Waals surface area contributed by atoms with Gasteiger partial charge in [0.15, 0.2) is 5.89 Å². The Balaban J connectivity index is 1.76. The molecule has 116 valence electrons. The summed E-state index contributed by atoms with van der Waals surface area (Å²) in [4.78, 5) is 16.3. The number of aromatic nitrogens is 1. The van der Waals surface area contributed by atoms with Gasteiger partial charge in [-0.25, -0.2) is 4.98 Å². The number of benzene rings is 1. The number of rotatable bonds is 4. The summed E-state index contributed by atoms with van der Waals surface area (Å²) in [7, 11) is 0. The highest BCUT2D eigenvalue weighted by Gasteiger charge is 2.39. The fraction of sp³-hybridized carbons (Fsp3) is 0.375. The van der Waals surface area contributed by atoms with Crippen molar-refractivity contribution in [1.82, 2.24) is 10.3 Å². The lowest BCUT2D eigenvalue weighted by molar-refractivity contribution is 0.0797. The quantitative estimate of drug-likeness (QED) is 0.909. The van der Waals surface area contributed by atoms with E-state index in [2.05, 4.69) is 10.3 Å². The number of hydrogen-bond donors (Lipinski definition) is 1. The number of oxazole rings is 1. The number of aryl methyl sites for hydroxylation is 1. The third-order valence-electron chi connectivity index (χ3n) is 4.08. The predicted molar refractivity (Wildman–Crippen MR) is 85.5 cm³/mol. The van der Waals surface area contributed by atoms with Crippen molar-refractivity contribution in [3.05, 3.63) is 51.7 Å². The first-order chi connectivity index (χ1) is 10.5. The van der Waals surface area contributed by atoms with E-state index >= 15 is 0 Å². The molecule has 0 radical (unpaired) electrons. The number of nitrogens with zero attached hydrogens (tertiary/aromatic N) is 1. The van der Waals surface area contributed by atoms with Crippen molar-refractivity contribution in [2.24, 2.45) is 0 Å². The van der Waals surface area contributed by atoms with Crippen molar-refractivity contribution in [1.29, 1.82) is 0 Å². The Bertz CT molecular complexity index is 708. The van der Waals surface area contributed by atoms with Crippen molar-refractivity contribution in [2.45, 2.75) is 38.1 Å². The van der Waals surface area contributed by atoms with E-state index in [0.717, 1.165) is 24.8 Å². The normalized spacial score (nSPS) is 16.1. The Morgan fingerprint density at radius 1 is 1.41 bits per heavy atom. The van der Waals surface area contributed by atoms with E-state index in [1.165, 1.54) is 6.20 Å². The summed E-state index contributed by atoms with van der Waals surface area (Å²) < 4.78 is 5.28. The van der Waals surface area contributed by atoms with E-state index < -0.39 is 0 Å². The Hall–Kier alpha value is -1.52.